The van der Waals surface area contributed by atoms with Crippen molar-refractivity contribution in [1.82, 2.24) is 19.8 Å². The van der Waals surface area contributed by atoms with Crippen molar-refractivity contribution >= 4 is 41.8 Å². The lowest BCUT2D eigenvalue weighted by Gasteiger charge is -2.34. The largest absolute Gasteiger partial charge is 0.392 e. The van der Waals surface area contributed by atoms with Crippen molar-refractivity contribution < 1.29 is 9.90 Å². The number of benzene rings is 1. The van der Waals surface area contributed by atoms with E-state index < -0.39 is 6.10 Å². The number of nitrogens with one attached hydrogen (secondary N) is 1. The summed E-state index contributed by atoms with van der Waals surface area (Å²) in [7, 11) is 0. The Morgan fingerprint density at radius 2 is 2.04 bits per heavy atom. The van der Waals surface area contributed by atoms with Gasteiger partial charge in [-0.1, -0.05) is 12.1 Å². The summed E-state index contributed by atoms with van der Waals surface area (Å²) in [5, 5.41) is 12.9. The Hall–Kier alpha value is -1.34. The Morgan fingerprint density at radius 1 is 1.29 bits per heavy atom. The number of para-hydroxylation sites is 2. The molecule has 3 heterocycles. The molecule has 0 bridgehead atoms. The second kappa shape index (κ2) is 9.44. The third kappa shape index (κ3) is 4.30. The van der Waals surface area contributed by atoms with Crippen LogP contribution in [-0.2, 0) is 4.79 Å². The number of β-amino-alcohol motifs (C(OH)–C–C–N with tert-alkyl or cyclic N) is 1. The van der Waals surface area contributed by atoms with Crippen LogP contribution in [0.25, 0.3) is 11.0 Å². The fourth-order valence-corrected chi connectivity index (χ4v) is 4.41. The number of aliphatic hydroxyl groups is 1. The lowest BCUT2D eigenvalue weighted by Crippen LogP contribution is -2.47. The summed E-state index contributed by atoms with van der Waals surface area (Å²) in [6.45, 7) is 6.39. The van der Waals surface area contributed by atoms with Crippen LogP contribution >= 0.6 is 24.8 Å². The fourth-order valence-electron chi connectivity index (χ4n) is 4.41. The van der Waals surface area contributed by atoms with E-state index in [9.17, 15) is 9.90 Å². The van der Waals surface area contributed by atoms with Crippen LogP contribution in [0, 0.1) is 0 Å². The molecule has 2 aliphatic rings. The quantitative estimate of drug-likeness (QED) is 0.788. The van der Waals surface area contributed by atoms with Gasteiger partial charge in [0.1, 0.15) is 5.82 Å². The number of fused-ring (bicyclic) bond motifs is 1. The van der Waals surface area contributed by atoms with Crippen molar-refractivity contribution in [3.8, 4) is 0 Å². The lowest BCUT2D eigenvalue weighted by atomic mass is 9.96. The Morgan fingerprint density at radius 3 is 2.71 bits per heavy atom. The van der Waals surface area contributed by atoms with E-state index in [0.29, 0.717) is 25.6 Å². The zero-order valence-corrected chi connectivity index (χ0v) is 18.0. The number of piperidine rings is 1. The van der Waals surface area contributed by atoms with Crippen LogP contribution in [0.1, 0.15) is 50.9 Å². The number of halogens is 2. The van der Waals surface area contributed by atoms with Gasteiger partial charge >= 0.3 is 0 Å². The van der Waals surface area contributed by atoms with E-state index in [4.69, 9.17) is 4.98 Å². The smallest absolute Gasteiger partial charge is 0.239 e. The summed E-state index contributed by atoms with van der Waals surface area (Å²) >= 11 is 0. The minimum Gasteiger partial charge on any atom is -0.392 e. The number of likely N-dealkylation sites (tertiary alicyclic amines) is 1. The van der Waals surface area contributed by atoms with Crippen LogP contribution in [0.4, 0.5) is 0 Å². The highest BCUT2D eigenvalue weighted by Gasteiger charge is 2.35. The van der Waals surface area contributed by atoms with E-state index in [2.05, 4.69) is 41.9 Å². The van der Waals surface area contributed by atoms with E-state index in [0.717, 1.165) is 30.7 Å². The van der Waals surface area contributed by atoms with Crippen LogP contribution in [0.5, 0.6) is 0 Å². The summed E-state index contributed by atoms with van der Waals surface area (Å²) in [6, 6.07) is 8.36. The van der Waals surface area contributed by atoms with Crippen LogP contribution in [-0.4, -0.2) is 57.2 Å². The molecule has 1 aromatic carbocycles. The molecule has 0 radical (unpaired) electrons. The van der Waals surface area contributed by atoms with Crippen LogP contribution in [0.2, 0.25) is 0 Å². The number of rotatable bonds is 3. The van der Waals surface area contributed by atoms with Gasteiger partial charge in [0.15, 0.2) is 0 Å². The van der Waals surface area contributed by atoms with Gasteiger partial charge in [0.05, 0.1) is 23.2 Å². The molecule has 1 aromatic heterocycles. The molecule has 28 heavy (non-hydrogen) atoms. The molecule has 2 fully saturated rings. The molecule has 0 saturated carbocycles. The third-order valence-electron chi connectivity index (χ3n) is 5.64. The van der Waals surface area contributed by atoms with Gasteiger partial charge in [-0.15, -0.1) is 24.8 Å². The number of aromatic nitrogens is 2. The van der Waals surface area contributed by atoms with Gasteiger partial charge in [-0.25, -0.2) is 4.98 Å². The Kier molecular flexibility index (Phi) is 7.73. The SMILES string of the molecule is CC(C)n1c(C2CCCN(C(=O)C3CC(O)CN3)C2)nc2ccccc21.Cl.Cl. The second-order valence-corrected chi connectivity index (χ2v) is 7.90. The maximum Gasteiger partial charge on any atom is 0.239 e. The van der Waals surface area contributed by atoms with E-state index in [1.54, 1.807) is 0 Å². The summed E-state index contributed by atoms with van der Waals surface area (Å²) < 4.78 is 2.32. The molecule has 4 rings (SSSR count). The summed E-state index contributed by atoms with van der Waals surface area (Å²) in [5.74, 6) is 1.48. The number of imidazole rings is 1. The average Bonchev–Trinajstić information content (AvgIpc) is 3.24. The first-order valence-electron chi connectivity index (χ1n) is 9.71. The van der Waals surface area contributed by atoms with E-state index in [-0.39, 0.29) is 42.7 Å². The Balaban J connectivity index is 0.00000140. The Labute approximate surface area is 178 Å². The van der Waals surface area contributed by atoms with Crippen molar-refractivity contribution in [2.24, 2.45) is 0 Å². The minimum absolute atomic E-state index is 0. The number of hydrogen-bond donors (Lipinski definition) is 2. The topological polar surface area (TPSA) is 70.4 Å². The number of aliphatic hydroxyl groups excluding tert-OH is 1. The number of hydrogen-bond acceptors (Lipinski definition) is 4. The number of carbonyl (C=O) groups excluding carboxylic acids is 1. The monoisotopic (exact) mass is 428 g/mol. The molecular weight excluding hydrogens is 399 g/mol. The van der Waals surface area contributed by atoms with Gasteiger partial charge in [-0.2, -0.15) is 0 Å². The predicted molar refractivity (Wildman–Crippen MR) is 116 cm³/mol. The maximum absolute atomic E-state index is 12.8. The van der Waals surface area contributed by atoms with Crippen molar-refractivity contribution in [3.63, 3.8) is 0 Å². The summed E-state index contributed by atoms with van der Waals surface area (Å²) in [4.78, 5) is 19.7. The second-order valence-electron chi connectivity index (χ2n) is 7.90. The molecule has 3 atom stereocenters. The third-order valence-corrected chi connectivity index (χ3v) is 5.64. The molecule has 2 aromatic rings. The van der Waals surface area contributed by atoms with Gasteiger partial charge in [-0.05, 0) is 45.2 Å². The summed E-state index contributed by atoms with van der Waals surface area (Å²) in [5.41, 5.74) is 2.20. The van der Waals surface area contributed by atoms with E-state index >= 15 is 0 Å². The highest BCUT2D eigenvalue weighted by Crippen LogP contribution is 2.32. The highest BCUT2D eigenvalue weighted by molar-refractivity contribution is 5.85. The fraction of sp³-hybridized carbons (Fsp3) is 0.600. The van der Waals surface area contributed by atoms with Crippen molar-refractivity contribution in [2.75, 3.05) is 19.6 Å². The van der Waals surface area contributed by atoms with Gasteiger partial charge < -0.3 is 19.9 Å². The molecule has 156 valence electrons. The molecule has 0 spiro atoms. The zero-order valence-electron chi connectivity index (χ0n) is 16.4. The van der Waals surface area contributed by atoms with Gasteiger partial charge in [-0.3, -0.25) is 4.79 Å². The highest BCUT2D eigenvalue weighted by atomic mass is 35.5. The molecule has 2 saturated heterocycles. The lowest BCUT2D eigenvalue weighted by molar-refractivity contribution is -0.134. The van der Waals surface area contributed by atoms with Gasteiger partial charge in [0.25, 0.3) is 0 Å². The minimum atomic E-state index is -0.408. The molecule has 6 nitrogen and oxygen atoms in total. The number of carbonyl (C=O) groups is 1. The molecular formula is C20H30Cl2N4O2. The molecule has 2 N–H and O–H groups in total. The average molecular weight is 429 g/mol. The first-order chi connectivity index (χ1) is 12.5. The standard InChI is InChI=1S/C20H28N4O2.2ClH/c1-13(2)24-18-8-4-3-7-16(18)22-19(24)14-6-5-9-23(12-14)20(26)17-10-15(25)11-21-17;;/h3-4,7-8,13-15,17,21,25H,5-6,9-12H2,1-2H3;2*1H. The van der Waals surface area contributed by atoms with Crippen molar-refractivity contribution in [3.05, 3.63) is 30.1 Å². The zero-order chi connectivity index (χ0) is 18.3. The molecule has 8 heteroatoms. The van der Waals surface area contributed by atoms with Crippen LogP contribution in [0.15, 0.2) is 24.3 Å². The number of amides is 1. The van der Waals surface area contributed by atoms with E-state index in [1.165, 1.54) is 5.52 Å². The van der Waals surface area contributed by atoms with Gasteiger partial charge in [0, 0.05) is 31.6 Å². The first kappa shape index (κ1) is 22.9. The number of nitrogens with zero attached hydrogens (tertiary/aromatic N) is 3. The Bertz CT molecular complexity index is 811. The molecule has 2 aliphatic heterocycles. The molecule has 3 unspecified atom stereocenters. The normalized spacial score (nSPS) is 24.9. The molecule has 1 amide bonds. The maximum atomic E-state index is 12.8. The van der Waals surface area contributed by atoms with Gasteiger partial charge in [0.2, 0.25) is 5.91 Å². The van der Waals surface area contributed by atoms with Crippen molar-refractivity contribution in [1.29, 1.82) is 0 Å². The van der Waals surface area contributed by atoms with Crippen molar-refractivity contribution in [2.45, 2.75) is 57.2 Å². The van der Waals surface area contributed by atoms with Crippen LogP contribution in [0.3, 0.4) is 0 Å². The summed E-state index contributed by atoms with van der Waals surface area (Å²) in [6.07, 6.45) is 2.16. The first-order valence-corrected chi connectivity index (χ1v) is 9.71. The van der Waals surface area contributed by atoms with E-state index in [1.807, 2.05) is 11.0 Å². The molecule has 0 aliphatic carbocycles. The predicted octanol–water partition coefficient (Wildman–Crippen LogP) is 2.89. The van der Waals surface area contributed by atoms with Crippen LogP contribution < -0.4 is 5.32 Å².